The molecule has 1 aromatic carbocycles. The Morgan fingerprint density at radius 1 is 1.33 bits per heavy atom. The minimum absolute atomic E-state index is 0.423. The summed E-state index contributed by atoms with van der Waals surface area (Å²) < 4.78 is 1.07. The second kappa shape index (κ2) is 5.65. The third kappa shape index (κ3) is 2.88. The first-order valence-corrected chi connectivity index (χ1v) is 6.44. The molecule has 2 aromatic rings. The quantitative estimate of drug-likeness (QED) is 0.931. The zero-order valence-corrected chi connectivity index (χ0v) is 11.5. The summed E-state index contributed by atoms with van der Waals surface area (Å²) in [5.74, 6) is 0. The Bertz CT molecular complexity index is 585. The second-order valence-corrected chi connectivity index (χ2v) is 4.74. The van der Waals surface area contributed by atoms with Gasteiger partial charge in [-0.3, -0.25) is 0 Å². The molecule has 0 spiro atoms. The topological polar surface area (TPSA) is 48.7 Å². The summed E-state index contributed by atoms with van der Waals surface area (Å²) >= 11 is 3.47. The number of pyridine rings is 1. The number of nitrogens with zero attached hydrogens (tertiary/aromatic N) is 2. The highest BCUT2D eigenvalue weighted by Crippen LogP contribution is 2.24. The molecule has 18 heavy (non-hydrogen) atoms. The maximum Gasteiger partial charge on any atom is 0.140 e. The van der Waals surface area contributed by atoms with Gasteiger partial charge in [0, 0.05) is 10.2 Å². The molecule has 1 N–H and O–H groups in total. The van der Waals surface area contributed by atoms with Crippen molar-refractivity contribution in [1.29, 1.82) is 5.26 Å². The lowest BCUT2D eigenvalue weighted by atomic mass is 10.1. The maximum absolute atomic E-state index is 8.69. The van der Waals surface area contributed by atoms with Crippen LogP contribution in [0.3, 0.4) is 0 Å². The normalized spacial score (nSPS) is 9.83. The van der Waals surface area contributed by atoms with E-state index in [1.54, 1.807) is 12.3 Å². The fourth-order valence-electron chi connectivity index (χ4n) is 1.67. The third-order valence-electron chi connectivity index (χ3n) is 2.61. The molecular weight excluding hydrogens is 290 g/mol. The number of rotatable bonds is 3. The molecule has 0 aliphatic heterocycles. The second-order valence-electron chi connectivity index (χ2n) is 3.82. The van der Waals surface area contributed by atoms with Crippen LogP contribution in [-0.2, 0) is 6.42 Å². The lowest BCUT2D eigenvalue weighted by molar-refractivity contribution is 1.14. The number of nitrogens with one attached hydrogen (secondary N) is 1. The molecule has 0 saturated heterocycles. The summed E-state index contributed by atoms with van der Waals surface area (Å²) in [5.41, 5.74) is 3.60. The van der Waals surface area contributed by atoms with Crippen molar-refractivity contribution in [2.45, 2.75) is 13.3 Å². The van der Waals surface area contributed by atoms with E-state index in [1.165, 1.54) is 5.56 Å². The average Bonchev–Trinajstić information content (AvgIpc) is 2.41. The first kappa shape index (κ1) is 12.6. The van der Waals surface area contributed by atoms with E-state index >= 15 is 0 Å². The minimum Gasteiger partial charge on any atom is -0.354 e. The molecule has 90 valence electrons. The van der Waals surface area contributed by atoms with Crippen LogP contribution in [-0.4, -0.2) is 4.98 Å². The van der Waals surface area contributed by atoms with Gasteiger partial charge in [-0.1, -0.05) is 22.9 Å². The molecule has 0 fully saturated rings. The Balaban J connectivity index is 2.25. The Labute approximate surface area is 115 Å². The van der Waals surface area contributed by atoms with Gasteiger partial charge in [-0.15, -0.1) is 0 Å². The summed E-state index contributed by atoms with van der Waals surface area (Å²) in [4.78, 5) is 4.03. The molecule has 0 unspecified atom stereocenters. The van der Waals surface area contributed by atoms with Crippen LogP contribution in [0.2, 0.25) is 0 Å². The van der Waals surface area contributed by atoms with Gasteiger partial charge >= 0.3 is 0 Å². The zero-order chi connectivity index (χ0) is 13.0. The largest absolute Gasteiger partial charge is 0.354 e. The fraction of sp³-hybridized carbons (Fsp3) is 0.143. The molecular formula is C14H12BrN3. The number of benzene rings is 1. The number of nitriles is 1. The number of aromatic nitrogens is 1. The van der Waals surface area contributed by atoms with Gasteiger partial charge in [0.25, 0.3) is 0 Å². The lowest BCUT2D eigenvalue weighted by Crippen LogP contribution is -1.96. The molecule has 0 saturated carbocycles. The van der Waals surface area contributed by atoms with Crippen molar-refractivity contribution in [3.8, 4) is 6.07 Å². The van der Waals surface area contributed by atoms with Crippen LogP contribution in [0.15, 0.2) is 41.0 Å². The smallest absolute Gasteiger partial charge is 0.140 e. The molecule has 0 atom stereocenters. The van der Waals surface area contributed by atoms with Crippen molar-refractivity contribution in [2.75, 3.05) is 5.32 Å². The summed E-state index contributed by atoms with van der Waals surface area (Å²) in [6.07, 6.45) is 2.62. The first-order valence-electron chi connectivity index (χ1n) is 5.64. The molecule has 3 nitrogen and oxygen atoms in total. The van der Waals surface area contributed by atoms with Crippen LogP contribution in [0.25, 0.3) is 0 Å². The van der Waals surface area contributed by atoms with E-state index in [-0.39, 0.29) is 0 Å². The van der Waals surface area contributed by atoms with Crippen LogP contribution in [0.4, 0.5) is 11.4 Å². The van der Waals surface area contributed by atoms with Crippen molar-refractivity contribution in [1.82, 2.24) is 4.98 Å². The Kier molecular flexibility index (Phi) is 3.96. The molecule has 1 heterocycles. The van der Waals surface area contributed by atoms with E-state index in [0.717, 1.165) is 22.3 Å². The summed E-state index contributed by atoms with van der Waals surface area (Å²) in [5, 5.41) is 12.0. The monoisotopic (exact) mass is 301 g/mol. The van der Waals surface area contributed by atoms with Gasteiger partial charge in [-0.05, 0) is 42.3 Å². The van der Waals surface area contributed by atoms with E-state index in [2.05, 4.69) is 39.2 Å². The van der Waals surface area contributed by atoms with Crippen molar-refractivity contribution in [2.24, 2.45) is 0 Å². The van der Waals surface area contributed by atoms with Gasteiger partial charge in [0.05, 0.1) is 11.9 Å². The van der Waals surface area contributed by atoms with Gasteiger partial charge in [0.1, 0.15) is 11.8 Å². The highest BCUT2D eigenvalue weighted by molar-refractivity contribution is 9.10. The lowest BCUT2D eigenvalue weighted by Gasteiger charge is -2.11. The third-order valence-corrected chi connectivity index (χ3v) is 3.10. The first-order chi connectivity index (χ1) is 8.72. The van der Waals surface area contributed by atoms with E-state index in [9.17, 15) is 0 Å². The van der Waals surface area contributed by atoms with E-state index in [0.29, 0.717) is 5.69 Å². The molecule has 0 aliphatic carbocycles. The van der Waals surface area contributed by atoms with Crippen LogP contribution < -0.4 is 5.32 Å². The predicted molar refractivity (Wildman–Crippen MR) is 75.8 cm³/mol. The molecule has 2 rings (SSSR count). The molecule has 0 amide bonds. The number of hydrogen-bond donors (Lipinski definition) is 1. The Morgan fingerprint density at radius 3 is 2.78 bits per heavy atom. The molecule has 1 aromatic heterocycles. The SMILES string of the molecule is CCc1cc(Br)ccc1Nc1ccc(C#N)nc1. The van der Waals surface area contributed by atoms with E-state index in [1.807, 2.05) is 24.3 Å². The van der Waals surface area contributed by atoms with Gasteiger partial charge < -0.3 is 5.32 Å². The van der Waals surface area contributed by atoms with Crippen molar-refractivity contribution in [3.63, 3.8) is 0 Å². The van der Waals surface area contributed by atoms with Crippen molar-refractivity contribution in [3.05, 3.63) is 52.3 Å². The van der Waals surface area contributed by atoms with E-state index in [4.69, 9.17) is 5.26 Å². The summed E-state index contributed by atoms with van der Waals surface area (Å²) in [7, 11) is 0. The highest BCUT2D eigenvalue weighted by Gasteiger charge is 2.02. The molecule has 0 aliphatic rings. The standard InChI is InChI=1S/C14H12BrN3/c1-2-10-7-11(15)3-6-14(10)18-13-5-4-12(8-16)17-9-13/h3-7,9,18H,2H2,1H3. The molecule has 4 heteroatoms. The van der Waals surface area contributed by atoms with Crippen LogP contribution in [0.5, 0.6) is 0 Å². The van der Waals surface area contributed by atoms with Gasteiger partial charge in [0.2, 0.25) is 0 Å². The summed E-state index contributed by atoms with van der Waals surface area (Å²) in [6.45, 7) is 2.12. The van der Waals surface area contributed by atoms with E-state index < -0.39 is 0 Å². The maximum atomic E-state index is 8.69. The Hall–Kier alpha value is -1.86. The average molecular weight is 302 g/mol. The molecule has 0 radical (unpaired) electrons. The number of anilines is 2. The van der Waals surface area contributed by atoms with Crippen molar-refractivity contribution < 1.29 is 0 Å². The minimum atomic E-state index is 0.423. The van der Waals surface area contributed by atoms with Crippen LogP contribution >= 0.6 is 15.9 Å². The summed E-state index contributed by atoms with van der Waals surface area (Å²) in [6, 6.07) is 11.7. The predicted octanol–water partition coefficient (Wildman–Crippen LogP) is 4.02. The van der Waals surface area contributed by atoms with Crippen LogP contribution in [0.1, 0.15) is 18.2 Å². The van der Waals surface area contributed by atoms with Crippen molar-refractivity contribution >= 4 is 27.3 Å². The van der Waals surface area contributed by atoms with Gasteiger partial charge in [-0.2, -0.15) is 5.26 Å². The van der Waals surface area contributed by atoms with Crippen LogP contribution in [0, 0.1) is 11.3 Å². The van der Waals surface area contributed by atoms with Gasteiger partial charge in [0.15, 0.2) is 0 Å². The number of halogens is 1. The molecule has 0 bridgehead atoms. The number of aryl methyl sites for hydroxylation is 1. The Morgan fingerprint density at radius 2 is 2.17 bits per heavy atom. The number of hydrogen-bond acceptors (Lipinski definition) is 3. The highest BCUT2D eigenvalue weighted by atomic mass is 79.9. The zero-order valence-electron chi connectivity index (χ0n) is 9.94. The fourth-order valence-corrected chi connectivity index (χ4v) is 2.07. The van der Waals surface area contributed by atoms with Gasteiger partial charge in [-0.25, -0.2) is 4.98 Å².